The van der Waals surface area contributed by atoms with Gasteiger partial charge in [0.05, 0.1) is 24.7 Å². The van der Waals surface area contributed by atoms with Crippen molar-refractivity contribution >= 4 is 0 Å². The molecule has 0 saturated heterocycles. The minimum atomic E-state index is 0.350. The summed E-state index contributed by atoms with van der Waals surface area (Å²) >= 11 is 0. The molecule has 0 fully saturated rings. The SMILES string of the molecule is Cn1ncc2c1CNCC2COc1cccnc1. The van der Waals surface area contributed by atoms with Gasteiger partial charge in [-0.3, -0.25) is 9.67 Å². The Bertz CT molecular complexity index is 523. The topological polar surface area (TPSA) is 52.0 Å². The van der Waals surface area contributed by atoms with Crippen LogP contribution in [0.3, 0.4) is 0 Å². The van der Waals surface area contributed by atoms with Crippen molar-refractivity contribution in [2.45, 2.75) is 12.5 Å². The molecule has 0 amide bonds. The first-order valence-corrected chi connectivity index (χ1v) is 6.09. The highest BCUT2D eigenvalue weighted by Gasteiger charge is 2.23. The molecule has 3 rings (SSSR count). The summed E-state index contributed by atoms with van der Waals surface area (Å²) in [5, 5.41) is 7.71. The van der Waals surface area contributed by atoms with E-state index in [9.17, 15) is 0 Å². The van der Waals surface area contributed by atoms with Crippen LogP contribution in [0.2, 0.25) is 0 Å². The maximum atomic E-state index is 5.77. The first kappa shape index (κ1) is 11.2. The van der Waals surface area contributed by atoms with E-state index in [4.69, 9.17) is 4.74 Å². The summed E-state index contributed by atoms with van der Waals surface area (Å²) in [5.74, 6) is 1.16. The van der Waals surface area contributed by atoms with E-state index in [1.54, 1.807) is 12.4 Å². The fourth-order valence-electron chi connectivity index (χ4n) is 2.29. The van der Waals surface area contributed by atoms with E-state index in [0.717, 1.165) is 18.8 Å². The fourth-order valence-corrected chi connectivity index (χ4v) is 2.29. The lowest BCUT2D eigenvalue weighted by molar-refractivity contribution is 0.276. The monoisotopic (exact) mass is 244 g/mol. The highest BCUT2D eigenvalue weighted by Crippen LogP contribution is 2.24. The second-order valence-corrected chi connectivity index (χ2v) is 4.50. The zero-order chi connectivity index (χ0) is 12.4. The molecule has 0 radical (unpaired) electrons. The minimum Gasteiger partial charge on any atom is -0.491 e. The predicted octanol–water partition coefficient (Wildman–Crippen LogP) is 1.08. The second kappa shape index (κ2) is 4.78. The molecule has 1 unspecified atom stereocenters. The fraction of sp³-hybridized carbons (Fsp3) is 0.385. The zero-order valence-electron chi connectivity index (χ0n) is 10.3. The molecule has 1 atom stereocenters. The molecule has 94 valence electrons. The molecule has 5 nitrogen and oxygen atoms in total. The Labute approximate surface area is 106 Å². The van der Waals surface area contributed by atoms with Gasteiger partial charge in [0.1, 0.15) is 5.75 Å². The van der Waals surface area contributed by atoms with E-state index in [1.807, 2.05) is 30.1 Å². The van der Waals surface area contributed by atoms with E-state index < -0.39 is 0 Å². The van der Waals surface area contributed by atoms with Gasteiger partial charge >= 0.3 is 0 Å². The van der Waals surface area contributed by atoms with Crippen LogP contribution in [0.1, 0.15) is 17.2 Å². The Morgan fingerprint density at radius 1 is 1.50 bits per heavy atom. The molecule has 1 aliphatic heterocycles. The third-order valence-corrected chi connectivity index (χ3v) is 3.30. The van der Waals surface area contributed by atoms with Gasteiger partial charge in [0, 0.05) is 37.8 Å². The molecule has 0 aromatic carbocycles. The Morgan fingerprint density at radius 2 is 2.44 bits per heavy atom. The second-order valence-electron chi connectivity index (χ2n) is 4.50. The first-order valence-electron chi connectivity index (χ1n) is 6.09. The van der Waals surface area contributed by atoms with Crippen LogP contribution < -0.4 is 10.1 Å². The predicted molar refractivity (Wildman–Crippen MR) is 67.4 cm³/mol. The molecule has 0 aliphatic carbocycles. The summed E-state index contributed by atoms with van der Waals surface area (Å²) in [6.45, 7) is 2.46. The lowest BCUT2D eigenvalue weighted by atomic mass is 9.97. The number of nitrogens with zero attached hydrogens (tertiary/aromatic N) is 3. The highest BCUT2D eigenvalue weighted by molar-refractivity contribution is 5.26. The van der Waals surface area contributed by atoms with Crippen molar-refractivity contribution in [1.82, 2.24) is 20.1 Å². The summed E-state index contributed by atoms with van der Waals surface area (Å²) in [6, 6.07) is 3.80. The van der Waals surface area contributed by atoms with Gasteiger partial charge in [-0.05, 0) is 12.1 Å². The number of hydrogen-bond acceptors (Lipinski definition) is 4. The number of aromatic nitrogens is 3. The number of pyridine rings is 1. The third-order valence-electron chi connectivity index (χ3n) is 3.30. The van der Waals surface area contributed by atoms with Crippen molar-refractivity contribution in [2.24, 2.45) is 7.05 Å². The molecule has 18 heavy (non-hydrogen) atoms. The van der Waals surface area contributed by atoms with Crippen LogP contribution >= 0.6 is 0 Å². The molecular weight excluding hydrogens is 228 g/mol. The standard InChI is InChI=1S/C13H16N4O/c1-17-13-8-15-5-10(12(13)7-16-17)9-18-11-3-2-4-14-6-11/h2-4,6-7,10,15H,5,8-9H2,1H3. The Kier molecular flexibility index (Phi) is 2.98. The molecule has 0 saturated carbocycles. The molecule has 1 aliphatic rings. The zero-order valence-corrected chi connectivity index (χ0v) is 10.3. The molecule has 2 aromatic heterocycles. The number of rotatable bonds is 3. The lowest BCUT2D eigenvalue weighted by Crippen LogP contribution is -2.31. The summed E-state index contributed by atoms with van der Waals surface area (Å²) in [6.07, 6.45) is 5.43. The Balaban J connectivity index is 1.71. The molecule has 2 aromatic rings. The van der Waals surface area contributed by atoms with Gasteiger partial charge in [0.15, 0.2) is 0 Å². The summed E-state index contributed by atoms with van der Waals surface area (Å²) in [4.78, 5) is 4.04. The Morgan fingerprint density at radius 3 is 3.28 bits per heavy atom. The number of ether oxygens (including phenoxy) is 1. The lowest BCUT2D eigenvalue weighted by Gasteiger charge is -2.23. The third kappa shape index (κ3) is 2.09. The van der Waals surface area contributed by atoms with Crippen molar-refractivity contribution in [3.8, 4) is 5.75 Å². The summed E-state index contributed by atoms with van der Waals surface area (Å²) in [7, 11) is 1.98. The molecular formula is C13H16N4O. The van der Waals surface area contributed by atoms with Gasteiger partial charge in [0.25, 0.3) is 0 Å². The molecule has 0 bridgehead atoms. The molecule has 0 spiro atoms. The van der Waals surface area contributed by atoms with Crippen molar-refractivity contribution in [3.05, 3.63) is 42.0 Å². The van der Waals surface area contributed by atoms with Crippen molar-refractivity contribution < 1.29 is 4.74 Å². The van der Waals surface area contributed by atoms with E-state index in [-0.39, 0.29) is 0 Å². The van der Waals surface area contributed by atoms with Crippen LogP contribution in [0.5, 0.6) is 5.75 Å². The number of nitrogens with one attached hydrogen (secondary N) is 1. The largest absolute Gasteiger partial charge is 0.491 e. The van der Waals surface area contributed by atoms with Gasteiger partial charge in [0.2, 0.25) is 0 Å². The normalized spacial score (nSPS) is 18.4. The number of hydrogen-bond donors (Lipinski definition) is 1. The van der Waals surface area contributed by atoms with Gasteiger partial charge in [-0.15, -0.1) is 0 Å². The quantitative estimate of drug-likeness (QED) is 0.878. The maximum absolute atomic E-state index is 5.77. The van der Waals surface area contributed by atoms with Crippen LogP contribution in [0, 0.1) is 0 Å². The summed E-state index contributed by atoms with van der Waals surface area (Å²) in [5.41, 5.74) is 2.54. The average molecular weight is 244 g/mol. The van der Waals surface area contributed by atoms with Crippen molar-refractivity contribution in [1.29, 1.82) is 0 Å². The first-order chi connectivity index (χ1) is 8.84. The van der Waals surface area contributed by atoms with E-state index in [1.165, 1.54) is 11.3 Å². The summed E-state index contributed by atoms with van der Waals surface area (Å²) < 4.78 is 7.70. The number of aryl methyl sites for hydroxylation is 1. The van der Waals surface area contributed by atoms with Crippen molar-refractivity contribution in [3.63, 3.8) is 0 Å². The maximum Gasteiger partial charge on any atom is 0.137 e. The Hall–Kier alpha value is -1.88. The molecule has 3 heterocycles. The van der Waals surface area contributed by atoms with E-state index in [2.05, 4.69) is 15.4 Å². The van der Waals surface area contributed by atoms with Crippen molar-refractivity contribution in [2.75, 3.05) is 13.2 Å². The van der Waals surface area contributed by atoms with Gasteiger partial charge in [-0.1, -0.05) is 0 Å². The van der Waals surface area contributed by atoms with Crippen LogP contribution in [0.15, 0.2) is 30.7 Å². The smallest absolute Gasteiger partial charge is 0.137 e. The van der Waals surface area contributed by atoms with E-state index in [0.29, 0.717) is 12.5 Å². The van der Waals surface area contributed by atoms with Gasteiger partial charge in [-0.2, -0.15) is 5.10 Å². The van der Waals surface area contributed by atoms with Gasteiger partial charge < -0.3 is 10.1 Å². The van der Waals surface area contributed by atoms with Crippen LogP contribution in [0.25, 0.3) is 0 Å². The van der Waals surface area contributed by atoms with Crippen LogP contribution in [-0.4, -0.2) is 27.9 Å². The van der Waals surface area contributed by atoms with Gasteiger partial charge in [-0.25, -0.2) is 0 Å². The van der Waals surface area contributed by atoms with Crippen LogP contribution in [0.4, 0.5) is 0 Å². The highest BCUT2D eigenvalue weighted by atomic mass is 16.5. The van der Waals surface area contributed by atoms with Crippen LogP contribution in [-0.2, 0) is 13.6 Å². The minimum absolute atomic E-state index is 0.350. The average Bonchev–Trinajstić information content (AvgIpc) is 2.80. The molecule has 1 N–H and O–H groups in total. The molecule has 5 heteroatoms. The number of fused-ring (bicyclic) bond motifs is 1. The van der Waals surface area contributed by atoms with E-state index >= 15 is 0 Å².